The molecule has 1 aliphatic rings. The molecule has 1 aliphatic heterocycles. The maximum Gasteiger partial charge on any atom is 0.339 e. The number of carboxylic acids is 1. The van der Waals surface area contributed by atoms with Crippen LogP contribution in [0, 0.1) is 0 Å². The Labute approximate surface area is 115 Å². The van der Waals surface area contributed by atoms with Crippen LogP contribution >= 0.6 is 0 Å². The highest BCUT2D eigenvalue weighted by Crippen LogP contribution is 2.31. The van der Waals surface area contributed by atoms with E-state index in [1.54, 1.807) is 12.3 Å². The lowest BCUT2D eigenvalue weighted by Gasteiger charge is -2.19. The molecule has 0 spiro atoms. The van der Waals surface area contributed by atoms with Crippen molar-refractivity contribution in [3.05, 3.63) is 29.7 Å². The Kier molecular flexibility index (Phi) is 2.97. The van der Waals surface area contributed by atoms with Gasteiger partial charge >= 0.3 is 5.97 Å². The number of aromatic nitrogens is 3. The van der Waals surface area contributed by atoms with E-state index < -0.39 is 21.1 Å². The first-order valence-electron chi connectivity index (χ1n) is 6.29. The summed E-state index contributed by atoms with van der Waals surface area (Å²) in [5, 5.41) is 12.5. The van der Waals surface area contributed by atoms with Crippen LogP contribution in [0.5, 0.6) is 0 Å². The molecule has 1 atom stereocenters. The predicted octanol–water partition coefficient (Wildman–Crippen LogP) is 1.07. The lowest BCUT2D eigenvalue weighted by molar-refractivity contribution is 0.0698. The number of fused-ring (bicyclic) bond motifs is 1. The van der Waals surface area contributed by atoms with E-state index in [4.69, 9.17) is 5.11 Å². The number of rotatable bonds is 2. The van der Waals surface area contributed by atoms with E-state index >= 15 is 0 Å². The number of aromatic carboxylic acids is 1. The minimum atomic E-state index is -3.24. The second kappa shape index (κ2) is 4.55. The van der Waals surface area contributed by atoms with Gasteiger partial charge in [-0.2, -0.15) is 0 Å². The lowest BCUT2D eigenvalue weighted by atomic mass is 10.2. The van der Waals surface area contributed by atoms with Crippen molar-refractivity contribution in [2.75, 3.05) is 5.75 Å². The Balaban J connectivity index is 2.14. The zero-order valence-electron chi connectivity index (χ0n) is 10.6. The lowest BCUT2D eigenvalue weighted by Crippen LogP contribution is -2.22. The van der Waals surface area contributed by atoms with E-state index in [1.165, 1.54) is 10.6 Å². The van der Waals surface area contributed by atoms with Crippen LogP contribution in [0.4, 0.5) is 0 Å². The maximum atomic E-state index is 12.1. The molecule has 7 nitrogen and oxygen atoms in total. The second-order valence-corrected chi connectivity index (χ2v) is 7.12. The Bertz CT molecular complexity index is 781. The van der Waals surface area contributed by atoms with Crippen molar-refractivity contribution >= 4 is 21.5 Å². The summed E-state index contributed by atoms with van der Waals surface area (Å²) in [5.41, 5.74) is 0.190. The Morgan fingerprint density at radius 3 is 2.90 bits per heavy atom. The van der Waals surface area contributed by atoms with Crippen LogP contribution in [0.1, 0.15) is 40.7 Å². The third-order valence-corrected chi connectivity index (χ3v) is 5.65. The Morgan fingerprint density at radius 2 is 2.20 bits per heavy atom. The van der Waals surface area contributed by atoms with Gasteiger partial charge in [-0.25, -0.2) is 22.7 Å². The first-order chi connectivity index (χ1) is 9.49. The molecule has 0 bridgehead atoms. The van der Waals surface area contributed by atoms with Crippen LogP contribution < -0.4 is 0 Å². The normalized spacial score (nSPS) is 21.9. The van der Waals surface area contributed by atoms with Gasteiger partial charge in [-0.05, 0) is 25.0 Å². The standard InChI is InChI=1S/C12H13N3O4S/c16-12(17)8-4-3-6-15-11(8)13-10(14-15)9-5-1-2-7-20(9,18)19/h3-4,6,9H,1-2,5,7H2,(H,16,17). The van der Waals surface area contributed by atoms with Crippen molar-refractivity contribution in [2.24, 2.45) is 0 Å². The summed E-state index contributed by atoms with van der Waals surface area (Å²) in [7, 11) is -3.24. The van der Waals surface area contributed by atoms with E-state index in [2.05, 4.69) is 10.1 Å². The van der Waals surface area contributed by atoms with Gasteiger partial charge in [-0.15, -0.1) is 5.10 Å². The molecular weight excluding hydrogens is 282 g/mol. The summed E-state index contributed by atoms with van der Waals surface area (Å²) in [4.78, 5) is 15.3. The molecule has 1 unspecified atom stereocenters. The number of nitrogens with zero attached hydrogens (tertiary/aromatic N) is 3. The van der Waals surface area contributed by atoms with Gasteiger partial charge < -0.3 is 5.11 Å². The molecule has 0 radical (unpaired) electrons. The smallest absolute Gasteiger partial charge is 0.339 e. The van der Waals surface area contributed by atoms with Crippen molar-refractivity contribution in [3.8, 4) is 0 Å². The first kappa shape index (κ1) is 13.0. The van der Waals surface area contributed by atoms with E-state index in [0.29, 0.717) is 12.8 Å². The maximum absolute atomic E-state index is 12.1. The first-order valence-corrected chi connectivity index (χ1v) is 8.01. The van der Waals surface area contributed by atoms with Crippen molar-refractivity contribution in [1.82, 2.24) is 14.6 Å². The molecule has 20 heavy (non-hydrogen) atoms. The van der Waals surface area contributed by atoms with Crippen LogP contribution in [0.2, 0.25) is 0 Å². The molecule has 0 aromatic carbocycles. The molecule has 2 aromatic rings. The van der Waals surface area contributed by atoms with Crippen LogP contribution in [0.25, 0.3) is 5.65 Å². The quantitative estimate of drug-likeness (QED) is 0.889. The van der Waals surface area contributed by atoms with Gasteiger partial charge in [-0.3, -0.25) is 0 Å². The number of hydrogen-bond acceptors (Lipinski definition) is 5. The number of hydrogen-bond donors (Lipinski definition) is 1. The van der Waals surface area contributed by atoms with Crippen molar-refractivity contribution in [1.29, 1.82) is 0 Å². The SMILES string of the molecule is O=C(O)c1cccn2nc(C3CCCCS3(=O)=O)nc12. The second-order valence-electron chi connectivity index (χ2n) is 4.82. The summed E-state index contributed by atoms with van der Waals surface area (Å²) >= 11 is 0. The van der Waals surface area contributed by atoms with E-state index in [0.717, 1.165) is 6.42 Å². The number of pyridine rings is 1. The summed E-state index contributed by atoms with van der Waals surface area (Å²) in [6.45, 7) is 0. The van der Waals surface area contributed by atoms with Crippen LogP contribution in [0.15, 0.2) is 18.3 Å². The van der Waals surface area contributed by atoms with Crippen molar-refractivity contribution < 1.29 is 18.3 Å². The Morgan fingerprint density at radius 1 is 1.40 bits per heavy atom. The van der Waals surface area contributed by atoms with Gasteiger partial charge in [-0.1, -0.05) is 6.42 Å². The van der Waals surface area contributed by atoms with Crippen LogP contribution in [-0.2, 0) is 9.84 Å². The predicted molar refractivity (Wildman–Crippen MR) is 70.3 cm³/mol. The number of carbonyl (C=O) groups is 1. The summed E-state index contributed by atoms with van der Waals surface area (Å²) in [6, 6.07) is 2.97. The molecule has 1 N–H and O–H groups in total. The zero-order chi connectivity index (χ0) is 14.3. The van der Waals surface area contributed by atoms with Crippen molar-refractivity contribution in [2.45, 2.75) is 24.5 Å². The average molecular weight is 295 g/mol. The zero-order valence-corrected chi connectivity index (χ0v) is 11.4. The van der Waals surface area contributed by atoms with E-state index in [9.17, 15) is 13.2 Å². The molecule has 106 valence electrons. The van der Waals surface area contributed by atoms with Crippen LogP contribution in [-0.4, -0.2) is 39.8 Å². The topological polar surface area (TPSA) is 102 Å². The Hall–Kier alpha value is -1.96. The summed E-state index contributed by atoms with van der Waals surface area (Å²) < 4.78 is 25.5. The molecule has 8 heteroatoms. The fraction of sp³-hybridized carbons (Fsp3) is 0.417. The van der Waals surface area contributed by atoms with Crippen LogP contribution in [0.3, 0.4) is 0 Å². The van der Waals surface area contributed by atoms with Gasteiger partial charge in [0.05, 0.1) is 5.75 Å². The third kappa shape index (κ3) is 2.05. The molecule has 3 heterocycles. The van der Waals surface area contributed by atoms with Crippen molar-refractivity contribution in [3.63, 3.8) is 0 Å². The highest BCUT2D eigenvalue weighted by molar-refractivity contribution is 7.91. The highest BCUT2D eigenvalue weighted by atomic mass is 32.2. The highest BCUT2D eigenvalue weighted by Gasteiger charge is 2.33. The number of sulfone groups is 1. The fourth-order valence-corrected chi connectivity index (χ4v) is 4.31. The number of carboxylic acid groups (broad SMARTS) is 1. The molecule has 1 fully saturated rings. The monoisotopic (exact) mass is 295 g/mol. The fourth-order valence-electron chi connectivity index (χ4n) is 2.47. The molecule has 0 saturated carbocycles. The van der Waals surface area contributed by atoms with Gasteiger partial charge in [0.15, 0.2) is 21.3 Å². The average Bonchev–Trinajstić information content (AvgIpc) is 2.80. The largest absolute Gasteiger partial charge is 0.478 e. The molecule has 0 aliphatic carbocycles. The molecular formula is C12H13N3O4S. The minimum Gasteiger partial charge on any atom is -0.478 e. The molecule has 1 saturated heterocycles. The minimum absolute atomic E-state index is 0.0134. The summed E-state index contributed by atoms with van der Waals surface area (Å²) in [6.07, 6.45) is 3.52. The van der Waals surface area contributed by atoms with Gasteiger partial charge in [0.1, 0.15) is 10.8 Å². The summed E-state index contributed by atoms with van der Waals surface area (Å²) in [5.74, 6) is -0.779. The molecule has 2 aromatic heterocycles. The van der Waals surface area contributed by atoms with E-state index in [1.807, 2.05) is 0 Å². The molecule has 0 amide bonds. The van der Waals surface area contributed by atoms with Gasteiger partial charge in [0.25, 0.3) is 0 Å². The van der Waals surface area contributed by atoms with Gasteiger partial charge in [0.2, 0.25) is 0 Å². The third-order valence-electron chi connectivity index (χ3n) is 3.48. The van der Waals surface area contributed by atoms with E-state index in [-0.39, 0.29) is 22.8 Å². The molecule has 3 rings (SSSR count). The van der Waals surface area contributed by atoms with Gasteiger partial charge in [0, 0.05) is 6.20 Å².